The Kier molecular flexibility index (Phi) is 8.48. The largest absolute Gasteiger partial charge is 0.486 e. The Morgan fingerprint density at radius 3 is 2.70 bits per heavy atom. The number of rotatable bonds is 8. The van der Waals surface area contributed by atoms with Crippen LogP contribution in [0.25, 0.3) is 0 Å². The summed E-state index contributed by atoms with van der Waals surface area (Å²) < 4.78 is 46.3. The molecule has 0 bridgehead atoms. The monoisotopic (exact) mass is 614 g/mol. The molecule has 0 spiro atoms. The Bertz CT molecular complexity index is 1630. The van der Waals surface area contributed by atoms with Gasteiger partial charge in [0.1, 0.15) is 6.10 Å². The number of imidazole rings is 1. The van der Waals surface area contributed by atoms with Crippen molar-refractivity contribution in [3.8, 4) is 17.2 Å². The van der Waals surface area contributed by atoms with Gasteiger partial charge in [-0.1, -0.05) is 13.0 Å². The Morgan fingerprint density at radius 2 is 1.98 bits per heavy atom. The number of aromatic nitrogens is 2. The number of sulfonamides is 1. The number of nitrogens with zero attached hydrogens (tertiary/aromatic N) is 4. The highest BCUT2D eigenvalue weighted by Gasteiger charge is 2.36. The number of carbonyl (C=O) groups excluding carboxylic acids is 2. The van der Waals surface area contributed by atoms with Crippen LogP contribution >= 0.6 is 0 Å². The van der Waals surface area contributed by atoms with Gasteiger partial charge in [0.25, 0.3) is 15.9 Å². The average Bonchev–Trinajstić information content (AvgIpc) is 3.63. The SMILES string of the molecule is C[C@@H]1CN([C@@H](C)CO)C(=O)c2cccc(NC(=O)Nc3ccc4c(c3)OCO4)c2O[C@H]1CN(C)S(=O)(=O)c1cn(C)cn1. The predicted octanol–water partition coefficient (Wildman–Crippen LogP) is 2.33. The highest BCUT2D eigenvalue weighted by molar-refractivity contribution is 7.89. The predicted molar refractivity (Wildman–Crippen MR) is 156 cm³/mol. The molecule has 0 saturated heterocycles. The summed E-state index contributed by atoms with van der Waals surface area (Å²) >= 11 is 0. The van der Waals surface area contributed by atoms with E-state index >= 15 is 0 Å². The third kappa shape index (κ3) is 6.23. The van der Waals surface area contributed by atoms with Crippen LogP contribution in [-0.4, -0.2) is 89.9 Å². The van der Waals surface area contributed by atoms with Gasteiger partial charge in [-0.25, -0.2) is 18.2 Å². The second-order valence-corrected chi connectivity index (χ2v) is 12.6. The van der Waals surface area contributed by atoms with Crippen molar-refractivity contribution in [2.75, 3.05) is 44.2 Å². The Labute approximate surface area is 249 Å². The molecule has 43 heavy (non-hydrogen) atoms. The van der Waals surface area contributed by atoms with Crippen molar-refractivity contribution in [1.82, 2.24) is 18.8 Å². The lowest BCUT2D eigenvalue weighted by molar-refractivity contribution is 0.0389. The first kappa shape index (κ1) is 30.1. The Balaban J connectivity index is 1.45. The third-order valence-corrected chi connectivity index (χ3v) is 9.07. The summed E-state index contributed by atoms with van der Waals surface area (Å²) in [7, 11) is -0.844. The van der Waals surface area contributed by atoms with E-state index in [2.05, 4.69) is 15.6 Å². The quantitative estimate of drug-likeness (QED) is 0.345. The number of ether oxygens (including phenoxy) is 3. The number of likely N-dealkylation sites (N-methyl/N-ethyl adjacent to an activating group) is 1. The van der Waals surface area contributed by atoms with Gasteiger partial charge in [-0.15, -0.1) is 0 Å². The fourth-order valence-electron chi connectivity index (χ4n) is 4.85. The van der Waals surface area contributed by atoms with Gasteiger partial charge in [0.05, 0.1) is 36.8 Å². The molecule has 2 aliphatic rings. The van der Waals surface area contributed by atoms with Crippen LogP contribution < -0.4 is 24.8 Å². The van der Waals surface area contributed by atoms with Crippen molar-refractivity contribution >= 4 is 33.3 Å². The molecule has 0 aliphatic carbocycles. The van der Waals surface area contributed by atoms with E-state index in [1.54, 1.807) is 50.4 Å². The van der Waals surface area contributed by atoms with Crippen LogP contribution in [0.1, 0.15) is 24.2 Å². The van der Waals surface area contributed by atoms with Crippen LogP contribution in [0.2, 0.25) is 0 Å². The number of para-hydroxylation sites is 1. The summed E-state index contributed by atoms with van der Waals surface area (Å²) in [6.07, 6.45) is 2.06. The molecule has 3 heterocycles. The molecule has 3 aromatic rings. The molecule has 0 unspecified atom stereocenters. The van der Waals surface area contributed by atoms with Crippen molar-refractivity contribution < 1.29 is 37.3 Å². The van der Waals surface area contributed by atoms with Crippen molar-refractivity contribution in [1.29, 1.82) is 0 Å². The van der Waals surface area contributed by atoms with Gasteiger partial charge < -0.3 is 39.4 Å². The zero-order chi connectivity index (χ0) is 30.9. The second kappa shape index (κ2) is 12.1. The van der Waals surface area contributed by atoms with E-state index in [1.807, 2.05) is 6.92 Å². The molecule has 5 rings (SSSR count). The van der Waals surface area contributed by atoms with E-state index in [-0.39, 0.29) is 54.4 Å². The zero-order valence-electron chi connectivity index (χ0n) is 24.2. The van der Waals surface area contributed by atoms with Crippen molar-refractivity contribution in [3.05, 3.63) is 54.5 Å². The topological polar surface area (TPSA) is 165 Å². The van der Waals surface area contributed by atoms with Crippen LogP contribution in [0.3, 0.4) is 0 Å². The van der Waals surface area contributed by atoms with Gasteiger partial charge in [-0.05, 0) is 31.2 Å². The number of hydrogen-bond acceptors (Lipinski definition) is 9. The molecular weight excluding hydrogens is 580 g/mol. The first-order valence-electron chi connectivity index (χ1n) is 13.6. The van der Waals surface area contributed by atoms with E-state index < -0.39 is 34.1 Å². The summed E-state index contributed by atoms with van der Waals surface area (Å²) in [6, 6.07) is 8.59. The molecule has 14 nitrogen and oxygen atoms in total. The molecule has 3 N–H and O–H groups in total. The highest BCUT2D eigenvalue weighted by Crippen LogP contribution is 2.36. The molecule has 1 aromatic heterocycles. The standard InChI is InChI=1S/C28H34N6O8S/c1-17-11-34(18(2)14-35)27(36)20-6-5-7-21(31-28(37)30-19-8-9-22-23(10-19)41-16-40-22)26(20)42-24(17)12-33(4)43(38,39)25-13-32(3)15-29-25/h5-10,13,15,17-18,24,35H,11-12,14,16H2,1-4H3,(H2,30,31,37)/t17-,18+,24+/m1/s1. The summed E-state index contributed by atoms with van der Waals surface area (Å²) in [5, 5.41) is 15.3. The maximum Gasteiger partial charge on any atom is 0.323 e. The second-order valence-electron chi connectivity index (χ2n) is 10.6. The molecule has 2 aromatic carbocycles. The number of aryl methyl sites for hydroxylation is 1. The first-order chi connectivity index (χ1) is 20.5. The van der Waals surface area contributed by atoms with E-state index in [4.69, 9.17) is 14.2 Å². The van der Waals surface area contributed by atoms with Gasteiger partial charge in [-0.3, -0.25) is 4.79 Å². The summed E-state index contributed by atoms with van der Waals surface area (Å²) in [5.74, 6) is 0.387. The zero-order valence-corrected chi connectivity index (χ0v) is 25.0. The number of urea groups is 1. The fraction of sp³-hybridized carbons (Fsp3) is 0.393. The number of aliphatic hydroxyl groups excluding tert-OH is 1. The fourth-order valence-corrected chi connectivity index (χ4v) is 5.99. The number of anilines is 2. The smallest absolute Gasteiger partial charge is 0.323 e. The minimum absolute atomic E-state index is 0.0766. The van der Waals surface area contributed by atoms with Gasteiger partial charge in [-0.2, -0.15) is 4.31 Å². The van der Waals surface area contributed by atoms with E-state index in [1.165, 1.54) is 29.0 Å². The van der Waals surface area contributed by atoms with E-state index in [9.17, 15) is 23.1 Å². The van der Waals surface area contributed by atoms with Crippen molar-refractivity contribution in [2.45, 2.75) is 31.0 Å². The Morgan fingerprint density at radius 1 is 1.21 bits per heavy atom. The minimum atomic E-state index is -3.95. The number of fused-ring (bicyclic) bond motifs is 2. The van der Waals surface area contributed by atoms with Crippen LogP contribution in [0, 0.1) is 5.92 Å². The maximum absolute atomic E-state index is 13.7. The van der Waals surface area contributed by atoms with Crippen LogP contribution in [-0.2, 0) is 17.1 Å². The van der Waals surface area contributed by atoms with Crippen LogP contribution in [0.5, 0.6) is 17.2 Å². The summed E-state index contributed by atoms with van der Waals surface area (Å²) in [5.41, 5.74) is 0.816. The van der Waals surface area contributed by atoms with Gasteiger partial charge >= 0.3 is 6.03 Å². The van der Waals surface area contributed by atoms with Crippen molar-refractivity contribution in [2.24, 2.45) is 13.0 Å². The van der Waals surface area contributed by atoms with Gasteiger partial charge in [0, 0.05) is 44.5 Å². The number of aliphatic hydroxyl groups is 1. The Hall–Kier alpha value is -4.34. The van der Waals surface area contributed by atoms with E-state index in [0.29, 0.717) is 17.2 Å². The number of nitrogens with one attached hydrogen (secondary N) is 2. The number of amides is 3. The summed E-state index contributed by atoms with van der Waals surface area (Å²) in [6.45, 7) is 3.50. The lowest BCUT2D eigenvalue weighted by atomic mass is 9.99. The normalized spacial score (nSPS) is 18.8. The van der Waals surface area contributed by atoms with Crippen molar-refractivity contribution in [3.63, 3.8) is 0 Å². The van der Waals surface area contributed by atoms with Gasteiger partial charge in [0.15, 0.2) is 22.3 Å². The molecule has 3 atom stereocenters. The molecule has 2 aliphatic heterocycles. The van der Waals surface area contributed by atoms with Crippen LogP contribution in [0.15, 0.2) is 53.9 Å². The lowest BCUT2D eigenvalue weighted by Crippen LogP contribution is -2.50. The molecule has 0 radical (unpaired) electrons. The first-order valence-corrected chi connectivity index (χ1v) is 15.1. The average molecular weight is 615 g/mol. The summed E-state index contributed by atoms with van der Waals surface area (Å²) in [4.78, 5) is 32.3. The molecule has 0 saturated carbocycles. The molecule has 15 heteroatoms. The van der Waals surface area contributed by atoms with E-state index in [0.717, 1.165) is 4.31 Å². The molecule has 0 fully saturated rings. The number of hydrogen-bond donors (Lipinski definition) is 3. The molecule has 3 amide bonds. The minimum Gasteiger partial charge on any atom is -0.486 e. The molecule has 230 valence electrons. The number of benzene rings is 2. The molecular formula is C28H34N6O8S. The number of carbonyl (C=O) groups is 2. The van der Waals surface area contributed by atoms with Gasteiger partial charge in [0.2, 0.25) is 6.79 Å². The maximum atomic E-state index is 13.7. The highest BCUT2D eigenvalue weighted by atomic mass is 32.2. The van der Waals surface area contributed by atoms with Crippen LogP contribution in [0.4, 0.5) is 16.2 Å². The lowest BCUT2D eigenvalue weighted by Gasteiger charge is -2.38. The third-order valence-electron chi connectivity index (χ3n) is 7.36.